The maximum Gasteiger partial charge on any atom is 0.392 e. The molecule has 0 nitrogen and oxygen atoms in total. The van der Waals surface area contributed by atoms with Crippen molar-refractivity contribution in [2.75, 3.05) is 0 Å². The van der Waals surface area contributed by atoms with Gasteiger partial charge < -0.3 is 0 Å². The molecule has 1 aliphatic rings. The molecule has 0 aromatic carbocycles. The van der Waals surface area contributed by atoms with Crippen molar-refractivity contribution in [2.45, 2.75) is 25.9 Å². The largest absolute Gasteiger partial charge is 0.392 e. The lowest BCUT2D eigenvalue weighted by molar-refractivity contribution is -0.151. The number of hydrogen-bond acceptors (Lipinski definition) is 0. The van der Waals surface area contributed by atoms with Crippen LogP contribution in [0.2, 0.25) is 0 Å². The van der Waals surface area contributed by atoms with Crippen LogP contribution < -0.4 is 0 Å². The van der Waals surface area contributed by atoms with E-state index in [0.29, 0.717) is 12.8 Å². The fourth-order valence-electron chi connectivity index (χ4n) is 1.10. The van der Waals surface area contributed by atoms with Crippen LogP contribution in [-0.2, 0) is 0 Å². The smallest absolute Gasteiger partial charge is 0.171 e. The van der Waals surface area contributed by atoms with Gasteiger partial charge in [-0.1, -0.05) is 13.3 Å². The van der Waals surface area contributed by atoms with E-state index in [1.54, 1.807) is 6.92 Å². The molecule has 54 valence electrons. The molecule has 0 spiro atoms. The standard InChI is InChI=1S/C6H9F3/c1-2-4-3-5(4)6(7,8)9/h4-5H,2-3H2,1H3/t4-,5?/m1/s1. The number of alkyl halides is 3. The lowest BCUT2D eigenvalue weighted by Crippen LogP contribution is -2.11. The van der Waals surface area contributed by atoms with Crippen LogP contribution in [0.3, 0.4) is 0 Å². The van der Waals surface area contributed by atoms with Crippen molar-refractivity contribution in [3.63, 3.8) is 0 Å². The second-order valence-corrected chi connectivity index (χ2v) is 2.55. The highest BCUT2D eigenvalue weighted by molar-refractivity contribution is 4.90. The van der Waals surface area contributed by atoms with E-state index in [4.69, 9.17) is 0 Å². The lowest BCUT2D eigenvalue weighted by Gasteiger charge is -2.02. The Bertz CT molecular complexity index is 105. The zero-order chi connectivity index (χ0) is 7.07. The molecule has 0 aliphatic heterocycles. The molecule has 3 heteroatoms. The maximum atomic E-state index is 11.7. The first-order valence-corrected chi connectivity index (χ1v) is 3.12. The molecule has 9 heavy (non-hydrogen) atoms. The van der Waals surface area contributed by atoms with E-state index in [2.05, 4.69) is 0 Å². The molecular formula is C6H9F3. The molecule has 0 aromatic rings. The van der Waals surface area contributed by atoms with Crippen molar-refractivity contribution in [3.05, 3.63) is 0 Å². The highest BCUT2D eigenvalue weighted by atomic mass is 19.4. The average molecular weight is 138 g/mol. The predicted molar refractivity (Wildman–Crippen MR) is 27.9 cm³/mol. The van der Waals surface area contributed by atoms with Gasteiger partial charge in [0, 0.05) is 0 Å². The summed E-state index contributed by atoms with van der Waals surface area (Å²) in [6.07, 6.45) is -2.88. The Morgan fingerprint density at radius 1 is 1.44 bits per heavy atom. The topological polar surface area (TPSA) is 0 Å². The lowest BCUT2D eigenvalue weighted by atomic mass is 10.2. The van der Waals surface area contributed by atoms with Gasteiger partial charge in [-0.15, -0.1) is 0 Å². The summed E-state index contributed by atoms with van der Waals surface area (Å²) in [6, 6.07) is 0. The summed E-state index contributed by atoms with van der Waals surface area (Å²) in [4.78, 5) is 0. The Balaban J connectivity index is 2.33. The summed E-state index contributed by atoms with van der Waals surface area (Å²) < 4.78 is 35.0. The van der Waals surface area contributed by atoms with E-state index in [1.807, 2.05) is 0 Å². The first kappa shape index (κ1) is 6.90. The van der Waals surface area contributed by atoms with Crippen LogP contribution >= 0.6 is 0 Å². The van der Waals surface area contributed by atoms with Gasteiger partial charge >= 0.3 is 6.18 Å². The highest BCUT2D eigenvalue weighted by Gasteiger charge is 2.54. The van der Waals surface area contributed by atoms with Gasteiger partial charge in [0.05, 0.1) is 5.92 Å². The van der Waals surface area contributed by atoms with Crippen molar-refractivity contribution in [3.8, 4) is 0 Å². The van der Waals surface area contributed by atoms with Gasteiger partial charge in [0.15, 0.2) is 0 Å². The van der Waals surface area contributed by atoms with Crippen molar-refractivity contribution in [1.29, 1.82) is 0 Å². The van der Waals surface area contributed by atoms with E-state index < -0.39 is 12.1 Å². The van der Waals surface area contributed by atoms with E-state index in [0.717, 1.165) is 0 Å². The maximum absolute atomic E-state index is 11.7. The Labute approximate surface area is 52.1 Å². The molecular weight excluding hydrogens is 129 g/mol. The highest BCUT2D eigenvalue weighted by Crippen LogP contribution is 2.51. The van der Waals surface area contributed by atoms with Crippen molar-refractivity contribution in [1.82, 2.24) is 0 Å². The van der Waals surface area contributed by atoms with Crippen LogP contribution in [0, 0.1) is 11.8 Å². The summed E-state index contributed by atoms with van der Waals surface area (Å²) in [5.74, 6) is -1.03. The Morgan fingerprint density at radius 3 is 2.11 bits per heavy atom. The van der Waals surface area contributed by atoms with E-state index in [-0.39, 0.29) is 5.92 Å². The molecule has 1 fully saturated rings. The molecule has 1 saturated carbocycles. The molecule has 1 aliphatic carbocycles. The monoisotopic (exact) mass is 138 g/mol. The van der Waals surface area contributed by atoms with E-state index >= 15 is 0 Å². The molecule has 0 bridgehead atoms. The fraction of sp³-hybridized carbons (Fsp3) is 1.00. The van der Waals surface area contributed by atoms with Gasteiger partial charge in [-0.3, -0.25) is 0 Å². The minimum absolute atomic E-state index is 0.0648. The Kier molecular flexibility index (Phi) is 1.45. The van der Waals surface area contributed by atoms with Crippen molar-refractivity contribution >= 4 is 0 Å². The quantitative estimate of drug-likeness (QED) is 0.522. The molecule has 0 saturated heterocycles. The summed E-state index contributed by atoms with van der Waals surface area (Å²) >= 11 is 0. The van der Waals surface area contributed by atoms with Crippen LogP contribution in [0.15, 0.2) is 0 Å². The second-order valence-electron chi connectivity index (χ2n) is 2.55. The molecule has 1 rings (SSSR count). The predicted octanol–water partition coefficient (Wildman–Crippen LogP) is 2.59. The SMILES string of the molecule is CC[C@@H]1CC1C(F)(F)F. The van der Waals surface area contributed by atoms with Crippen LogP contribution in [0.4, 0.5) is 13.2 Å². The fourth-order valence-corrected chi connectivity index (χ4v) is 1.10. The summed E-state index contributed by atoms with van der Waals surface area (Å²) in [5, 5.41) is 0. The molecule has 0 aromatic heterocycles. The average Bonchev–Trinajstić information content (AvgIpc) is 2.39. The molecule has 1 unspecified atom stereocenters. The summed E-state index contributed by atoms with van der Waals surface area (Å²) in [6.45, 7) is 1.80. The molecule has 0 amide bonds. The van der Waals surface area contributed by atoms with Crippen LogP contribution in [0.25, 0.3) is 0 Å². The second kappa shape index (κ2) is 1.89. The zero-order valence-electron chi connectivity index (χ0n) is 5.20. The van der Waals surface area contributed by atoms with Gasteiger partial charge in [0.2, 0.25) is 0 Å². The third-order valence-corrected chi connectivity index (χ3v) is 1.87. The van der Waals surface area contributed by atoms with Gasteiger partial charge in [-0.25, -0.2) is 0 Å². The zero-order valence-corrected chi connectivity index (χ0v) is 5.20. The van der Waals surface area contributed by atoms with Crippen molar-refractivity contribution in [2.24, 2.45) is 11.8 Å². The van der Waals surface area contributed by atoms with E-state index in [1.165, 1.54) is 0 Å². The minimum atomic E-state index is -3.92. The first-order valence-electron chi connectivity index (χ1n) is 3.12. The van der Waals surface area contributed by atoms with Crippen LogP contribution in [0.1, 0.15) is 19.8 Å². The van der Waals surface area contributed by atoms with Gasteiger partial charge in [-0.2, -0.15) is 13.2 Å². The van der Waals surface area contributed by atoms with Gasteiger partial charge in [0.25, 0.3) is 0 Å². The summed E-state index contributed by atoms with van der Waals surface area (Å²) in [7, 11) is 0. The molecule has 2 atom stereocenters. The number of rotatable bonds is 1. The van der Waals surface area contributed by atoms with Crippen molar-refractivity contribution < 1.29 is 13.2 Å². The first-order chi connectivity index (χ1) is 4.05. The number of hydrogen-bond donors (Lipinski definition) is 0. The Hall–Kier alpha value is -0.210. The third kappa shape index (κ3) is 1.37. The number of halogens is 3. The third-order valence-electron chi connectivity index (χ3n) is 1.87. The molecule has 0 radical (unpaired) electrons. The van der Waals surface area contributed by atoms with Gasteiger partial charge in [0.1, 0.15) is 0 Å². The Morgan fingerprint density at radius 2 is 2.00 bits per heavy atom. The van der Waals surface area contributed by atoms with Crippen LogP contribution in [0.5, 0.6) is 0 Å². The van der Waals surface area contributed by atoms with Gasteiger partial charge in [-0.05, 0) is 12.3 Å². The normalized spacial score (nSPS) is 34.7. The van der Waals surface area contributed by atoms with E-state index in [9.17, 15) is 13.2 Å². The summed E-state index contributed by atoms with van der Waals surface area (Å²) in [5.41, 5.74) is 0. The molecule has 0 heterocycles. The molecule has 0 N–H and O–H groups in total. The van der Waals surface area contributed by atoms with Crippen LogP contribution in [-0.4, -0.2) is 6.18 Å². The minimum Gasteiger partial charge on any atom is -0.171 e.